The van der Waals surface area contributed by atoms with E-state index in [0.29, 0.717) is 12.6 Å². The maximum atomic E-state index is 14.3. The van der Waals surface area contributed by atoms with Crippen LogP contribution >= 0.6 is 11.6 Å². The van der Waals surface area contributed by atoms with Crippen molar-refractivity contribution in [2.45, 2.75) is 70.8 Å². The van der Waals surface area contributed by atoms with Crippen LogP contribution in [0.5, 0.6) is 5.75 Å². The Morgan fingerprint density at radius 1 is 1.12 bits per heavy atom. The summed E-state index contributed by atoms with van der Waals surface area (Å²) in [7, 11) is 0. The van der Waals surface area contributed by atoms with Gasteiger partial charge in [-0.1, -0.05) is 24.1 Å². The van der Waals surface area contributed by atoms with Gasteiger partial charge >= 0.3 is 0 Å². The summed E-state index contributed by atoms with van der Waals surface area (Å²) >= 11 is 6.27. The number of benzene rings is 1. The number of nitrogens with two attached hydrogens (primary N) is 1. The maximum absolute atomic E-state index is 14.3. The summed E-state index contributed by atoms with van der Waals surface area (Å²) in [6, 6.07) is 4.03. The third kappa shape index (κ3) is 4.80. The van der Waals surface area contributed by atoms with Gasteiger partial charge in [-0.15, -0.1) is 0 Å². The fourth-order valence-electron chi connectivity index (χ4n) is 4.39. The molecule has 26 heavy (non-hydrogen) atoms. The van der Waals surface area contributed by atoms with Gasteiger partial charge in [0.2, 0.25) is 0 Å². The second-order valence-corrected chi connectivity index (χ2v) is 8.28. The van der Waals surface area contributed by atoms with E-state index in [-0.39, 0.29) is 10.8 Å². The molecule has 0 spiro atoms. The molecule has 1 aromatic carbocycles. The van der Waals surface area contributed by atoms with Crippen LogP contribution < -0.4 is 10.5 Å². The van der Waals surface area contributed by atoms with Gasteiger partial charge < -0.3 is 10.5 Å². The summed E-state index contributed by atoms with van der Waals surface area (Å²) in [4.78, 5) is 0. The minimum atomic E-state index is -0.440. The monoisotopic (exact) mass is 379 g/mol. The van der Waals surface area contributed by atoms with E-state index >= 15 is 0 Å². The Balaban J connectivity index is 1.55. The lowest BCUT2D eigenvalue weighted by atomic mass is 9.79. The summed E-state index contributed by atoms with van der Waals surface area (Å²) in [5.41, 5.74) is 8.01. The van der Waals surface area contributed by atoms with Crippen molar-refractivity contribution in [2.24, 2.45) is 17.6 Å². The highest BCUT2D eigenvalue weighted by Gasteiger charge is 2.22. The highest BCUT2D eigenvalue weighted by atomic mass is 35.5. The zero-order valence-electron chi connectivity index (χ0n) is 15.8. The third-order valence-electron chi connectivity index (χ3n) is 6.09. The van der Waals surface area contributed by atoms with E-state index < -0.39 is 5.82 Å². The van der Waals surface area contributed by atoms with E-state index in [1.54, 1.807) is 6.07 Å². The number of allylic oxidation sites excluding steroid dienone is 2. The van der Waals surface area contributed by atoms with Gasteiger partial charge in [0.05, 0.1) is 11.6 Å². The fraction of sp³-hybridized carbons (Fsp3) is 0.636. The highest BCUT2D eigenvalue weighted by Crippen LogP contribution is 2.39. The van der Waals surface area contributed by atoms with Crippen LogP contribution in [0.1, 0.15) is 70.3 Å². The first-order valence-corrected chi connectivity index (χ1v) is 10.5. The van der Waals surface area contributed by atoms with E-state index in [1.165, 1.54) is 50.5 Å². The van der Waals surface area contributed by atoms with Crippen LogP contribution in [-0.4, -0.2) is 12.6 Å². The van der Waals surface area contributed by atoms with E-state index in [4.69, 9.17) is 22.1 Å². The maximum Gasteiger partial charge on any atom is 0.184 e. The lowest BCUT2D eigenvalue weighted by molar-refractivity contribution is 0.282. The van der Waals surface area contributed by atoms with Crippen LogP contribution in [0.3, 0.4) is 0 Å². The van der Waals surface area contributed by atoms with Gasteiger partial charge in [0.25, 0.3) is 0 Å². The third-order valence-corrected chi connectivity index (χ3v) is 6.46. The van der Waals surface area contributed by atoms with Crippen molar-refractivity contribution < 1.29 is 9.13 Å². The molecule has 1 unspecified atom stereocenters. The molecular formula is C22H31ClFNO. The molecule has 2 nitrogen and oxygen atoms in total. The molecule has 0 aliphatic heterocycles. The normalized spacial score (nSPS) is 26.5. The first-order valence-electron chi connectivity index (χ1n) is 10.1. The zero-order chi connectivity index (χ0) is 18.5. The molecule has 1 atom stereocenters. The summed E-state index contributed by atoms with van der Waals surface area (Å²) in [6.45, 7) is 2.27. The highest BCUT2D eigenvalue weighted by molar-refractivity contribution is 6.32. The van der Waals surface area contributed by atoms with Gasteiger partial charge in [-0.25, -0.2) is 4.39 Å². The molecule has 2 N–H and O–H groups in total. The zero-order valence-corrected chi connectivity index (χ0v) is 16.5. The molecule has 0 radical (unpaired) electrons. The minimum absolute atomic E-state index is 0.194. The van der Waals surface area contributed by atoms with E-state index in [0.717, 1.165) is 30.2 Å². The summed E-state index contributed by atoms with van der Waals surface area (Å²) < 4.78 is 19.6. The predicted molar refractivity (Wildman–Crippen MR) is 107 cm³/mol. The molecule has 0 heterocycles. The van der Waals surface area contributed by atoms with Crippen molar-refractivity contribution >= 4 is 17.2 Å². The molecule has 1 aromatic rings. The van der Waals surface area contributed by atoms with Crippen molar-refractivity contribution in [3.8, 4) is 5.75 Å². The van der Waals surface area contributed by atoms with Crippen molar-refractivity contribution in [3.05, 3.63) is 34.6 Å². The Morgan fingerprint density at radius 3 is 2.50 bits per heavy atom. The number of halogens is 2. The lowest BCUT2D eigenvalue weighted by Gasteiger charge is -2.28. The quantitative estimate of drug-likeness (QED) is 0.624. The first-order chi connectivity index (χ1) is 12.6. The Bertz CT molecular complexity index is 637. The Kier molecular flexibility index (Phi) is 6.99. The molecule has 0 bridgehead atoms. The number of rotatable bonds is 6. The van der Waals surface area contributed by atoms with Crippen LogP contribution in [-0.2, 0) is 0 Å². The topological polar surface area (TPSA) is 35.2 Å². The molecule has 1 fully saturated rings. The van der Waals surface area contributed by atoms with Crippen molar-refractivity contribution in [1.82, 2.24) is 0 Å². The average Bonchev–Trinajstić information content (AvgIpc) is 2.66. The molecule has 0 amide bonds. The molecule has 2 aliphatic rings. The van der Waals surface area contributed by atoms with Gasteiger partial charge in [0, 0.05) is 6.04 Å². The van der Waals surface area contributed by atoms with Gasteiger partial charge in [-0.2, -0.15) is 0 Å². The van der Waals surface area contributed by atoms with E-state index in [1.807, 2.05) is 13.0 Å². The van der Waals surface area contributed by atoms with Gasteiger partial charge in [0.15, 0.2) is 11.6 Å². The smallest absolute Gasteiger partial charge is 0.184 e. The van der Waals surface area contributed by atoms with Crippen molar-refractivity contribution in [1.29, 1.82) is 0 Å². The SMILES string of the molecule is CCOc1ccc(C2=CCC(CCC3CCC(N)CC3)CC2)c(Cl)c1F. The van der Waals surface area contributed by atoms with Crippen LogP contribution in [0, 0.1) is 17.7 Å². The average molecular weight is 380 g/mol. The lowest BCUT2D eigenvalue weighted by Crippen LogP contribution is -2.26. The number of ether oxygens (including phenoxy) is 1. The van der Waals surface area contributed by atoms with Crippen LogP contribution in [0.15, 0.2) is 18.2 Å². The standard InChI is InChI=1S/C22H31ClFNO/c1-2-26-20-14-13-19(21(23)22(20)24)17-9-5-15(6-10-17)3-4-16-7-11-18(25)12-8-16/h9,13-16,18H,2-8,10-12,25H2,1H3. The largest absolute Gasteiger partial charge is 0.491 e. The van der Waals surface area contributed by atoms with E-state index in [2.05, 4.69) is 6.08 Å². The second-order valence-electron chi connectivity index (χ2n) is 7.90. The Morgan fingerprint density at radius 2 is 1.85 bits per heavy atom. The minimum Gasteiger partial charge on any atom is -0.491 e. The summed E-state index contributed by atoms with van der Waals surface area (Å²) in [5.74, 6) is 1.42. The number of hydrogen-bond acceptors (Lipinski definition) is 2. The summed E-state index contributed by atoms with van der Waals surface area (Å²) in [5, 5.41) is 0.194. The molecular weight excluding hydrogens is 349 g/mol. The fourth-order valence-corrected chi connectivity index (χ4v) is 4.67. The van der Waals surface area contributed by atoms with E-state index in [9.17, 15) is 4.39 Å². The molecule has 2 aliphatic carbocycles. The Labute approximate surface area is 161 Å². The molecule has 0 aromatic heterocycles. The van der Waals surface area contributed by atoms with Crippen LogP contribution in [0.4, 0.5) is 4.39 Å². The van der Waals surface area contributed by atoms with Gasteiger partial charge in [-0.05, 0) is 93.4 Å². The molecule has 144 valence electrons. The first kappa shape index (κ1) is 19.7. The molecule has 1 saturated carbocycles. The van der Waals surface area contributed by atoms with Gasteiger partial charge in [0.1, 0.15) is 0 Å². The summed E-state index contributed by atoms with van der Waals surface area (Å²) in [6.07, 6.45) is 13.1. The van der Waals surface area contributed by atoms with Crippen molar-refractivity contribution in [2.75, 3.05) is 6.61 Å². The number of hydrogen-bond donors (Lipinski definition) is 1. The second kappa shape index (κ2) is 9.23. The Hall–Kier alpha value is -1.06. The van der Waals surface area contributed by atoms with Crippen LogP contribution in [0.2, 0.25) is 5.02 Å². The molecule has 0 saturated heterocycles. The van der Waals surface area contributed by atoms with Crippen LogP contribution in [0.25, 0.3) is 5.57 Å². The predicted octanol–water partition coefficient (Wildman–Crippen LogP) is 6.36. The van der Waals surface area contributed by atoms with Crippen molar-refractivity contribution in [3.63, 3.8) is 0 Å². The van der Waals surface area contributed by atoms with Gasteiger partial charge in [-0.3, -0.25) is 0 Å². The molecule has 3 rings (SSSR count). The molecule has 4 heteroatoms.